The highest BCUT2D eigenvalue weighted by atomic mass is 15.2. The number of hydrogen-bond donors (Lipinski definition) is 1. The summed E-state index contributed by atoms with van der Waals surface area (Å²) in [6.07, 6.45) is 6.01. The van der Waals surface area contributed by atoms with Crippen LogP contribution in [0.1, 0.15) is 25.0 Å². The van der Waals surface area contributed by atoms with E-state index in [1.165, 1.54) is 32.4 Å². The molecule has 1 unspecified atom stereocenters. The molecular formula is C13H19N3. The zero-order chi connectivity index (χ0) is 10.8. The zero-order valence-electron chi connectivity index (χ0n) is 9.60. The molecule has 86 valence electrons. The zero-order valence-corrected chi connectivity index (χ0v) is 9.60. The predicted octanol–water partition coefficient (Wildman–Crippen LogP) is 1.41. The number of pyridine rings is 1. The van der Waals surface area contributed by atoms with Gasteiger partial charge in [0.15, 0.2) is 0 Å². The van der Waals surface area contributed by atoms with Gasteiger partial charge in [0.05, 0.1) is 5.69 Å². The van der Waals surface area contributed by atoms with Crippen molar-refractivity contribution in [2.45, 2.75) is 37.9 Å². The van der Waals surface area contributed by atoms with E-state index in [9.17, 15) is 0 Å². The summed E-state index contributed by atoms with van der Waals surface area (Å²) in [5, 5.41) is 3.61. The lowest BCUT2D eigenvalue weighted by Crippen LogP contribution is -2.33. The fourth-order valence-corrected chi connectivity index (χ4v) is 2.48. The van der Waals surface area contributed by atoms with E-state index in [0.717, 1.165) is 18.3 Å². The Kier molecular flexibility index (Phi) is 2.89. The summed E-state index contributed by atoms with van der Waals surface area (Å²) in [5.74, 6) is 0. The standard InChI is InChI=1S/C13H19N3/c1-2-7-14-11(3-1)9-15-12-6-8-16(10-12)13-4-5-13/h1-3,7,12-13,15H,4-6,8-10H2. The van der Waals surface area contributed by atoms with E-state index < -0.39 is 0 Å². The molecule has 3 heteroatoms. The molecule has 0 aromatic carbocycles. The molecule has 1 aliphatic carbocycles. The van der Waals surface area contributed by atoms with Crippen molar-refractivity contribution in [3.63, 3.8) is 0 Å². The number of rotatable bonds is 4. The van der Waals surface area contributed by atoms with Crippen LogP contribution >= 0.6 is 0 Å². The highest BCUT2D eigenvalue weighted by Gasteiger charge is 2.33. The van der Waals surface area contributed by atoms with Gasteiger partial charge >= 0.3 is 0 Å². The third kappa shape index (κ3) is 2.42. The maximum absolute atomic E-state index is 4.33. The van der Waals surface area contributed by atoms with Crippen molar-refractivity contribution in [3.8, 4) is 0 Å². The summed E-state index contributed by atoms with van der Waals surface area (Å²) in [7, 11) is 0. The van der Waals surface area contributed by atoms with Crippen LogP contribution in [0.25, 0.3) is 0 Å². The second-order valence-corrected chi connectivity index (χ2v) is 4.91. The quantitative estimate of drug-likeness (QED) is 0.826. The van der Waals surface area contributed by atoms with Crippen LogP contribution in [-0.2, 0) is 6.54 Å². The van der Waals surface area contributed by atoms with Crippen molar-refractivity contribution < 1.29 is 0 Å². The average molecular weight is 217 g/mol. The summed E-state index contributed by atoms with van der Waals surface area (Å²) >= 11 is 0. The van der Waals surface area contributed by atoms with Crippen molar-refractivity contribution >= 4 is 0 Å². The molecule has 0 spiro atoms. The molecule has 2 fully saturated rings. The first-order valence-corrected chi connectivity index (χ1v) is 6.29. The van der Waals surface area contributed by atoms with Gasteiger partial charge in [0.1, 0.15) is 0 Å². The van der Waals surface area contributed by atoms with Gasteiger partial charge in [-0.2, -0.15) is 0 Å². The number of hydrogen-bond acceptors (Lipinski definition) is 3. The molecule has 1 aliphatic heterocycles. The first-order valence-electron chi connectivity index (χ1n) is 6.29. The van der Waals surface area contributed by atoms with Crippen molar-refractivity contribution in [2.24, 2.45) is 0 Å². The maximum atomic E-state index is 4.33. The van der Waals surface area contributed by atoms with Crippen molar-refractivity contribution in [1.82, 2.24) is 15.2 Å². The Balaban J connectivity index is 1.46. The van der Waals surface area contributed by atoms with Gasteiger partial charge < -0.3 is 5.32 Å². The number of nitrogens with one attached hydrogen (secondary N) is 1. The van der Waals surface area contributed by atoms with Gasteiger partial charge in [-0.15, -0.1) is 0 Å². The number of likely N-dealkylation sites (tertiary alicyclic amines) is 1. The van der Waals surface area contributed by atoms with Crippen molar-refractivity contribution in [1.29, 1.82) is 0 Å². The molecule has 1 atom stereocenters. The minimum absolute atomic E-state index is 0.669. The third-order valence-corrected chi connectivity index (χ3v) is 3.58. The van der Waals surface area contributed by atoms with E-state index in [1.54, 1.807) is 0 Å². The van der Waals surface area contributed by atoms with Gasteiger partial charge in [-0.25, -0.2) is 0 Å². The Morgan fingerprint density at radius 1 is 1.31 bits per heavy atom. The molecule has 0 bridgehead atoms. The summed E-state index contributed by atoms with van der Waals surface area (Å²) in [6.45, 7) is 3.42. The Hall–Kier alpha value is -0.930. The fourth-order valence-electron chi connectivity index (χ4n) is 2.48. The predicted molar refractivity (Wildman–Crippen MR) is 64.1 cm³/mol. The molecule has 2 heterocycles. The Morgan fingerprint density at radius 2 is 2.25 bits per heavy atom. The highest BCUT2D eigenvalue weighted by molar-refractivity contribution is 5.03. The first kappa shape index (κ1) is 10.2. The lowest BCUT2D eigenvalue weighted by Gasteiger charge is -2.15. The molecule has 1 aromatic heterocycles. The van der Waals surface area contributed by atoms with E-state index in [1.807, 2.05) is 12.3 Å². The molecule has 1 saturated carbocycles. The van der Waals surface area contributed by atoms with Crippen molar-refractivity contribution in [3.05, 3.63) is 30.1 Å². The van der Waals surface area contributed by atoms with E-state index in [0.29, 0.717) is 6.04 Å². The van der Waals surface area contributed by atoms with Gasteiger partial charge in [-0.1, -0.05) is 6.07 Å². The lowest BCUT2D eigenvalue weighted by atomic mass is 10.2. The Morgan fingerprint density at radius 3 is 3.00 bits per heavy atom. The fraction of sp³-hybridized carbons (Fsp3) is 0.615. The van der Waals surface area contributed by atoms with E-state index in [-0.39, 0.29) is 0 Å². The van der Waals surface area contributed by atoms with E-state index in [2.05, 4.69) is 27.3 Å². The smallest absolute Gasteiger partial charge is 0.0541 e. The topological polar surface area (TPSA) is 28.2 Å². The van der Waals surface area contributed by atoms with Gasteiger partial charge in [0.2, 0.25) is 0 Å². The van der Waals surface area contributed by atoms with Crippen LogP contribution in [0.5, 0.6) is 0 Å². The van der Waals surface area contributed by atoms with Crippen molar-refractivity contribution in [2.75, 3.05) is 13.1 Å². The van der Waals surface area contributed by atoms with Crippen LogP contribution in [0.4, 0.5) is 0 Å². The van der Waals surface area contributed by atoms with Gasteiger partial charge in [-0.05, 0) is 31.4 Å². The monoisotopic (exact) mass is 217 g/mol. The largest absolute Gasteiger partial charge is 0.307 e. The molecule has 3 nitrogen and oxygen atoms in total. The normalized spacial score (nSPS) is 26.1. The molecule has 1 N–H and O–H groups in total. The summed E-state index contributed by atoms with van der Waals surface area (Å²) in [5.41, 5.74) is 1.15. The molecule has 16 heavy (non-hydrogen) atoms. The lowest BCUT2D eigenvalue weighted by molar-refractivity contribution is 0.317. The van der Waals surface area contributed by atoms with Crippen LogP contribution in [0.3, 0.4) is 0 Å². The molecule has 2 aliphatic rings. The van der Waals surface area contributed by atoms with Crippen LogP contribution in [0, 0.1) is 0 Å². The van der Waals surface area contributed by atoms with E-state index >= 15 is 0 Å². The Bertz CT molecular complexity index is 334. The summed E-state index contributed by atoms with van der Waals surface area (Å²) < 4.78 is 0. The summed E-state index contributed by atoms with van der Waals surface area (Å²) in [6, 6.07) is 7.69. The second-order valence-electron chi connectivity index (χ2n) is 4.91. The molecule has 0 radical (unpaired) electrons. The van der Waals surface area contributed by atoms with Crippen LogP contribution in [0.15, 0.2) is 24.4 Å². The minimum Gasteiger partial charge on any atom is -0.307 e. The van der Waals surface area contributed by atoms with Gasteiger partial charge in [-0.3, -0.25) is 9.88 Å². The first-order chi connectivity index (χ1) is 7.92. The Labute approximate surface area is 96.9 Å². The van der Waals surface area contributed by atoms with Gasteiger partial charge in [0.25, 0.3) is 0 Å². The highest BCUT2D eigenvalue weighted by Crippen LogP contribution is 2.29. The van der Waals surface area contributed by atoms with Gasteiger partial charge in [0, 0.05) is 37.9 Å². The third-order valence-electron chi connectivity index (χ3n) is 3.58. The van der Waals surface area contributed by atoms with Crippen LogP contribution < -0.4 is 5.32 Å². The minimum atomic E-state index is 0.669. The maximum Gasteiger partial charge on any atom is 0.0541 e. The number of aromatic nitrogens is 1. The molecule has 1 saturated heterocycles. The molecule has 1 aromatic rings. The molecular weight excluding hydrogens is 198 g/mol. The SMILES string of the molecule is c1ccc(CNC2CCN(C3CC3)C2)nc1. The molecule has 3 rings (SSSR count). The summed E-state index contributed by atoms with van der Waals surface area (Å²) in [4.78, 5) is 6.97. The number of nitrogens with zero attached hydrogens (tertiary/aromatic N) is 2. The average Bonchev–Trinajstić information content (AvgIpc) is 3.08. The van der Waals surface area contributed by atoms with E-state index in [4.69, 9.17) is 0 Å². The molecule has 0 amide bonds. The second kappa shape index (κ2) is 4.52. The van der Waals surface area contributed by atoms with Crippen LogP contribution in [0.2, 0.25) is 0 Å². The van der Waals surface area contributed by atoms with Crippen LogP contribution in [-0.4, -0.2) is 35.1 Å².